The number of rotatable bonds is 10. The van der Waals surface area contributed by atoms with Gasteiger partial charge in [0.05, 0.1) is 33.0 Å². The van der Waals surface area contributed by atoms with Gasteiger partial charge in [-0.1, -0.05) is 34.1 Å². The number of carbonyl (C=O) groups is 3. The summed E-state index contributed by atoms with van der Waals surface area (Å²) in [5.41, 5.74) is -3.46. The summed E-state index contributed by atoms with van der Waals surface area (Å²) in [6, 6.07) is 0. The summed E-state index contributed by atoms with van der Waals surface area (Å²) in [4.78, 5) is 37.9. The summed E-state index contributed by atoms with van der Waals surface area (Å²) in [6.45, 7) is 15.6. The molecule has 1 N–H and O–H groups in total. The van der Waals surface area contributed by atoms with Gasteiger partial charge < -0.3 is 33.2 Å². The van der Waals surface area contributed by atoms with Crippen molar-refractivity contribution in [2.75, 3.05) is 21.3 Å². The van der Waals surface area contributed by atoms with Crippen molar-refractivity contribution in [3.63, 3.8) is 0 Å². The largest absolute Gasteiger partial charge is 0.467 e. The highest BCUT2D eigenvalue weighted by atomic mass is 28.4. The summed E-state index contributed by atoms with van der Waals surface area (Å²) in [7, 11) is 0.851. The Morgan fingerprint density at radius 1 is 1.06 bits per heavy atom. The summed E-state index contributed by atoms with van der Waals surface area (Å²) >= 11 is 0. The van der Waals surface area contributed by atoms with E-state index < -0.39 is 61.5 Å². The standard InChI is InChI=1S/C24H42O10Si/c1-12-13-16(34-35(10,11)22(2,3)4)18-19(33-23(5,6)32-18)24(28,21(27)31-9)15(20(26)30-8)14-17(25)29-7/h14,16,18-19,28H,12-13H2,1-11H3/t16-,18-,19+,24-/m0/s1. The number of hydrogen-bond donors (Lipinski definition) is 1. The highest BCUT2D eigenvalue weighted by Gasteiger charge is 2.62. The molecule has 0 aliphatic carbocycles. The van der Waals surface area contributed by atoms with Crippen molar-refractivity contribution >= 4 is 26.2 Å². The fraction of sp³-hybridized carbons (Fsp3) is 0.792. The van der Waals surface area contributed by atoms with Gasteiger partial charge in [-0.3, -0.25) is 0 Å². The monoisotopic (exact) mass is 518 g/mol. The number of ether oxygens (including phenoxy) is 5. The second-order valence-electron chi connectivity index (χ2n) is 10.6. The van der Waals surface area contributed by atoms with Crippen LogP contribution in [0.3, 0.4) is 0 Å². The van der Waals surface area contributed by atoms with Gasteiger partial charge in [0.2, 0.25) is 5.60 Å². The lowest BCUT2D eigenvalue weighted by atomic mass is 9.82. The lowest BCUT2D eigenvalue weighted by Gasteiger charge is -2.42. The molecule has 0 aromatic rings. The Hall–Kier alpha value is -1.79. The van der Waals surface area contributed by atoms with E-state index >= 15 is 0 Å². The molecule has 1 aliphatic rings. The molecule has 1 heterocycles. The zero-order chi connectivity index (χ0) is 27.4. The van der Waals surface area contributed by atoms with Gasteiger partial charge in [-0.25, -0.2) is 14.4 Å². The van der Waals surface area contributed by atoms with Crippen LogP contribution in [0.2, 0.25) is 18.1 Å². The van der Waals surface area contributed by atoms with E-state index in [0.717, 1.165) is 21.3 Å². The van der Waals surface area contributed by atoms with Crippen LogP contribution in [0.1, 0.15) is 54.4 Å². The number of carbonyl (C=O) groups excluding carboxylic acids is 3. The van der Waals surface area contributed by atoms with Gasteiger partial charge in [-0.05, 0) is 38.4 Å². The summed E-state index contributed by atoms with van der Waals surface area (Å²) in [5.74, 6) is -4.60. The molecule has 0 radical (unpaired) electrons. The minimum atomic E-state index is -2.77. The van der Waals surface area contributed by atoms with Crippen molar-refractivity contribution in [3.05, 3.63) is 11.6 Å². The molecule has 1 rings (SSSR count). The molecule has 11 heteroatoms. The molecule has 1 saturated heterocycles. The maximum atomic E-state index is 13.1. The Morgan fingerprint density at radius 2 is 1.63 bits per heavy atom. The molecule has 0 aromatic heterocycles. The minimum absolute atomic E-state index is 0.135. The van der Waals surface area contributed by atoms with Gasteiger partial charge in [0, 0.05) is 6.08 Å². The van der Waals surface area contributed by atoms with Crippen molar-refractivity contribution in [1.29, 1.82) is 0 Å². The molecule has 0 spiro atoms. The number of aliphatic hydroxyl groups is 1. The van der Waals surface area contributed by atoms with E-state index in [9.17, 15) is 19.5 Å². The second-order valence-corrected chi connectivity index (χ2v) is 15.3. The van der Waals surface area contributed by atoms with Gasteiger partial charge >= 0.3 is 17.9 Å². The first kappa shape index (κ1) is 31.2. The molecule has 35 heavy (non-hydrogen) atoms. The fourth-order valence-electron chi connectivity index (χ4n) is 3.66. The lowest BCUT2D eigenvalue weighted by molar-refractivity contribution is -0.187. The molecule has 0 saturated carbocycles. The maximum Gasteiger partial charge on any atom is 0.345 e. The zero-order valence-electron chi connectivity index (χ0n) is 22.8. The quantitative estimate of drug-likeness (QED) is 0.200. The zero-order valence-corrected chi connectivity index (χ0v) is 23.8. The van der Waals surface area contributed by atoms with Crippen molar-refractivity contribution in [1.82, 2.24) is 0 Å². The Kier molecular flexibility index (Phi) is 10.3. The van der Waals surface area contributed by atoms with Crippen molar-refractivity contribution < 1.29 is 47.6 Å². The predicted molar refractivity (Wildman–Crippen MR) is 130 cm³/mol. The molecular formula is C24H42O10Si. The van der Waals surface area contributed by atoms with E-state index in [-0.39, 0.29) is 5.04 Å². The smallest absolute Gasteiger partial charge is 0.345 e. The average molecular weight is 519 g/mol. The molecule has 0 bridgehead atoms. The lowest BCUT2D eigenvalue weighted by Crippen LogP contribution is -2.60. The van der Waals surface area contributed by atoms with E-state index in [2.05, 4.69) is 38.6 Å². The number of methoxy groups -OCH3 is 3. The number of hydrogen-bond acceptors (Lipinski definition) is 10. The Balaban J connectivity index is 3.79. The van der Waals surface area contributed by atoms with Gasteiger partial charge in [-0.15, -0.1) is 0 Å². The Bertz CT molecular complexity index is 814. The van der Waals surface area contributed by atoms with Gasteiger partial charge in [0.15, 0.2) is 14.1 Å². The first-order valence-electron chi connectivity index (χ1n) is 11.6. The maximum absolute atomic E-state index is 13.1. The molecule has 0 unspecified atom stereocenters. The molecule has 10 nitrogen and oxygen atoms in total. The van der Waals surface area contributed by atoms with Crippen molar-refractivity contribution in [2.24, 2.45) is 0 Å². The molecule has 4 atom stereocenters. The van der Waals surface area contributed by atoms with Crippen LogP contribution < -0.4 is 0 Å². The highest BCUT2D eigenvalue weighted by Crippen LogP contribution is 2.44. The molecule has 1 aliphatic heterocycles. The van der Waals surface area contributed by atoms with Gasteiger partial charge in [0.25, 0.3) is 0 Å². The van der Waals surface area contributed by atoms with Gasteiger partial charge in [-0.2, -0.15) is 0 Å². The molecule has 0 aromatic carbocycles. The molecule has 1 fully saturated rings. The third-order valence-electron chi connectivity index (χ3n) is 6.51. The SMILES string of the molecule is CCC[C@H](O[Si](C)(C)C(C)(C)C)[C@@H]1OC(C)(C)O[C@H]1[C@](O)(C(=O)OC)C(=CC(=O)OC)C(=O)OC. The average Bonchev–Trinajstić information content (AvgIpc) is 3.10. The Labute approximate surface area is 209 Å². The first-order chi connectivity index (χ1) is 15.9. The van der Waals surface area contributed by atoms with E-state index in [4.69, 9.17) is 23.4 Å². The van der Waals surface area contributed by atoms with Crippen LogP contribution in [-0.2, 0) is 42.5 Å². The van der Waals surface area contributed by atoms with E-state index in [0.29, 0.717) is 18.9 Å². The summed E-state index contributed by atoms with van der Waals surface area (Å²) in [6.07, 6.45) is -1.13. The molecule has 0 amide bonds. The van der Waals surface area contributed by atoms with E-state index in [1.807, 2.05) is 6.92 Å². The third-order valence-corrected chi connectivity index (χ3v) is 11.0. The van der Waals surface area contributed by atoms with E-state index in [1.165, 1.54) is 0 Å². The van der Waals surface area contributed by atoms with Crippen molar-refractivity contribution in [2.45, 2.75) is 102 Å². The first-order valence-corrected chi connectivity index (χ1v) is 14.5. The summed E-state index contributed by atoms with van der Waals surface area (Å²) < 4.78 is 33.2. The van der Waals surface area contributed by atoms with Crippen LogP contribution in [0.15, 0.2) is 11.6 Å². The minimum Gasteiger partial charge on any atom is -0.467 e. The van der Waals surface area contributed by atoms with E-state index in [1.54, 1.807) is 13.8 Å². The van der Waals surface area contributed by atoms with Crippen LogP contribution in [0.5, 0.6) is 0 Å². The van der Waals surface area contributed by atoms with Crippen LogP contribution >= 0.6 is 0 Å². The molecule has 202 valence electrons. The van der Waals surface area contributed by atoms with Crippen LogP contribution in [0.4, 0.5) is 0 Å². The van der Waals surface area contributed by atoms with Crippen molar-refractivity contribution in [3.8, 4) is 0 Å². The predicted octanol–water partition coefficient (Wildman–Crippen LogP) is 2.87. The van der Waals surface area contributed by atoms with Crippen LogP contribution in [-0.4, -0.2) is 82.4 Å². The number of esters is 3. The third kappa shape index (κ3) is 6.91. The normalized spacial score (nSPS) is 23.3. The summed E-state index contributed by atoms with van der Waals surface area (Å²) in [5, 5.41) is 11.7. The molecular weight excluding hydrogens is 476 g/mol. The fourth-order valence-corrected chi connectivity index (χ4v) is 5.02. The topological polar surface area (TPSA) is 127 Å². The second kappa shape index (κ2) is 11.5. The van der Waals surface area contributed by atoms with Crippen LogP contribution in [0, 0.1) is 0 Å². The highest BCUT2D eigenvalue weighted by molar-refractivity contribution is 6.74. The van der Waals surface area contributed by atoms with Crippen LogP contribution in [0.25, 0.3) is 0 Å². The Morgan fingerprint density at radius 3 is 2.06 bits per heavy atom. The van der Waals surface area contributed by atoms with Gasteiger partial charge in [0.1, 0.15) is 12.2 Å².